The molecule has 0 atom stereocenters. The molecule has 1 aliphatic carbocycles. The van der Waals surface area contributed by atoms with Crippen molar-refractivity contribution in [1.82, 2.24) is 10.6 Å². The molecule has 0 aromatic carbocycles. The van der Waals surface area contributed by atoms with Gasteiger partial charge in [0.25, 0.3) is 0 Å². The van der Waals surface area contributed by atoms with Gasteiger partial charge in [-0.3, -0.25) is 4.79 Å². The zero-order valence-electron chi connectivity index (χ0n) is 12.5. The van der Waals surface area contributed by atoms with Crippen LogP contribution in [0.1, 0.15) is 43.4 Å². The highest BCUT2D eigenvalue weighted by Gasteiger charge is 2.41. The Balaban J connectivity index is 1.71. The maximum absolute atomic E-state index is 12.9. The number of thiophene rings is 1. The van der Waals surface area contributed by atoms with E-state index < -0.39 is 0 Å². The van der Waals surface area contributed by atoms with Crippen LogP contribution in [0.15, 0.2) is 29.2 Å². The van der Waals surface area contributed by atoms with Crippen LogP contribution in [0.25, 0.3) is 0 Å². The first-order valence-electron chi connectivity index (χ1n) is 8.02. The predicted molar refractivity (Wildman–Crippen MR) is 87.7 cm³/mol. The molecule has 0 unspecified atom stereocenters. The largest absolute Gasteiger partial charge is 0.352 e. The van der Waals surface area contributed by atoms with Crippen molar-refractivity contribution < 1.29 is 4.79 Å². The van der Waals surface area contributed by atoms with Crippen LogP contribution in [0.3, 0.4) is 0 Å². The van der Waals surface area contributed by atoms with Gasteiger partial charge in [-0.2, -0.15) is 0 Å². The summed E-state index contributed by atoms with van der Waals surface area (Å²) in [6.07, 6.45) is 8.85. The molecule has 1 aromatic heterocycles. The second kappa shape index (κ2) is 6.75. The summed E-state index contributed by atoms with van der Waals surface area (Å²) in [6, 6.07) is 4.21. The smallest absolute Gasteiger partial charge is 0.231 e. The molecule has 21 heavy (non-hydrogen) atoms. The minimum Gasteiger partial charge on any atom is -0.352 e. The van der Waals surface area contributed by atoms with E-state index >= 15 is 0 Å². The van der Waals surface area contributed by atoms with E-state index in [0.29, 0.717) is 6.54 Å². The molecule has 4 heteroatoms. The zero-order chi connectivity index (χ0) is 14.5. The van der Waals surface area contributed by atoms with Crippen LogP contribution in [-0.4, -0.2) is 25.5 Å². The Morgan fingerprint density at radius 2 is 2.19 bits per heavy atom. The summed E-state index contributed by atoms with van der Waals surface area (Å²) in [5, 5.41) is 8.62. The van der Waals surface area contributed by atoms with Crippen molar-refractivity contribution >= 4 is 17.2 Å². The van der Waals surface area contributed by atoms with Crippen molar-refractivity contribution in [3.63, 3.8) is 0 Å². The first kappa shape index (κ1) is 14.8. The van der Waals surface area contributed by atoms with Crippen molar-refractivity contribution in [1.29, 1.82) is 0 Å². The summed E-state index contributed by atoms with van der Waals surface area (Å²) in [4.78, 5) is 14.2. The molecule has 1 aliphatic heterocycles. The van der Waals surface area contributed by atoms with Crippen LogP contribution in [0.2, 0.25) is 0 Å². The molecule has 2 N–H and O–H groups in total. The molecule has 2 heterocycles. The monoisotopic (exact) mass is 304 g/mol. The van der Waals surface area contributed by atoms with Gasteiger partial charge in [-0.1, -0.05) is 37.0 Å². The number of carbonyl (C=O) groups excluding carboxylic acids is 1. The van der Waals surface area contributed by atoms with Gasteiger partial charge in [-0.05, 0) is 37.3 Å². The van der Waals surface area contributed by atoms with E-state index in [1.807, 2.05) is 0 Å². The topological polar surface area (TPSA) is 41.1 Å². The number of rotatable bonds is 4. The Hall–Kier alpha value is -1.13. The third-order valence-corrected chi connectivity index (χ3v) is 5.84. The fourth-order valence-electron chi connectivity index (χ4n) is 3.48. The molecule has 114 valence electrons. The molecule has 2 aliphatic rings. The molecule has 0 bridgehead atoms. The lowest BCUT2D eigenvalue weighted by molar-refractivity contribution is -0.127. The minimum absolute atomic E-state index is 0.240. The highest BCUT2D eigenvalue weighted by atomic mass is 32.1. The lowest BCUT2D eigenvalue weighted by atomic mass is 9.72. The van der Waals surface area contributed by atoms with Crippen LogP contribution in [0.4, 0.5) is 0 Å². The maximum Gasteiger partial charge on any atom is 0.231 e. The molecular weight excluding hydrogens is 280 g/mol. The van der Waals surface area contributed by atoms with Gasteiger partial charge >= 0.3 is 0 Å². The van der Waals surface area contributed by atoms with Gasteiger partial charge in [0.05, 0.1) is 5.41 Å². The fraction of sp³-hybridized carbons (Fsp3) is 0.588. The summed E-state index contributed by atoms with van der Waals surface area (Å²) in [5.41, 5.74) is 1.10. The van der Waals surface area contributed by atoms with Crippen LogP contribution in [0.5, 0.6) is 0 Å². The standard InChI is InChI=1S/C17H24N2OS/c20-16(19-13-14-6-10-18-11-7-14)17(8-2-1-3-9-17)15-5-4-12-21-15/h4-6,12,18H,1-3,7-11,13H2,(H,19,20). The molecule has 3 rings (SSSR count). The predicted octanol–water partition coefficient (Wildman–Crippen LogP) is 2.99. The van der Waals surface area contributed by atoms with Crippen molar-refractivity contribution in [2.75, 3.05) is 19.6 Å². The Labute approximate surface area is 130 Å². The summed E-state index contributed by atoms with van der Waals surface area (Å²) in [5.74, 6) is 0.240. The maximum atomic E-state index is 12.9. The van der Waals surface area contributed by atoms with Gasteiger partial charge in [-0.15, -0.1) is 11.3 Å². The molecular formula is C17H24N2OS. The lowest BCUT2D eigenvalue weighted by Gasteiger charge is -2.35. The van der Waals surface area contributed by atoms with Crippen molar-refractivity contribution in [2.45, 2.75) is 43.9 Å². The Morgan fingerprint density at radius 3 is 2.86 bits per heavy atom. The van der Waals surface area contributed by atoms with E-state index in [9.17, 15) is 4.79 Å². The average molecular weight is 304 g/mol. The zero-order valence-corrected chi connectivity index (χ0v) is 13.3. The molecule has 0 saturated heterocycles. The van der Waals surface area contributed by atoms with Crippen molar-refractivity contribution in [3.8, 4) is 0 Å². The van der Waals surface area contributed by atoms with Gasteiger partial charge in [0.1, 0.15) is 0 Å². The summed E-state index contributed by atoms with van der Waals surface area (Å²) in [6.45, 7) is 2.67. The van der Waals surface area contributed by atoms with Gasteiger partial charge in [-0.25, -0.2) is 0 Å². The van der Waals surface area contributed by atoms with E-state index in [1.54, 1.807) is 11.3 Å². The van der Waals surface area contributed by atoms with E-state index in [4.69, 9.17) is 0 Å². The number of carbonyl (C=O) groups is 1. The molecule has 0 spiro atoms. The van der Waals surface area contributed by atoms with Crippen LogP contribution in [-0.2, 0) is 10.2 Å². The van der Waals surface area contributed by atoms with Crippen molar-refractivity contribution in [3.05, 3.63) is 34.0 Å². The van der Waals surface area contributed by atoms with Gasteiger partial charge in [0.2, 0.25) is 5.91 Å². The Kier molecular flexibility index (Phi) is 4.76. The molecule has 1 saturated carbocycles. The number of hydrogen-bond acceptors (Lipinski definition) is 3. The second-order valence-electron chi connectivity index (χ2n) is 6.12. The number of amides is 1. The average Bonchev–Trinajstić information content (AvgIpc) is 3.09. The highest BCUT2D eigenvalue weighted by molar-refractivity contribution is 7.10. The molecule has 1 amide bonds. The highest BCUT2D eigenvalue weighted by Crippen LogP contribution is 2.41. The molecule has 0 radical (unpaired) electrons. The molecule has 1 aromatic rings. The van der Waals surface area contributed by atoms with E-state index in [1.165, 1.54) is 16.9 Å². The van der Waals surface area contributed by atoms with E-state index in [-0.39, 0.29) is 11.3 Å². The van der Waals surface area contributed by atoms with Crippen LogP contribution < -0.4 is 10.6 Å². The first-order chi connectivity index (χ1) is 10.3. The normalized spacial score (nSPS) is 21.6. The lowest BCUT2D eigenvalue weighted by Crippen LogP contribution is -2.46. The van der Waals surface area contributed by atoms with Crippen molar-refractivity contribution in [2.24, 2.45) is 0 Å². The molecule has 1 fully saturated rings. The Morgan fingerprint density at radius 1 is 1.33 bits per heavy atom. The van der Waals surface area contributed by atoms with Gasteiger partial charge in [0, 0.05) is 18.0 Å². The third kappa shape index (κ3) is 3.22. The minimum atomic E-state index is -0.264. The third-order valence-electron chi connectivity index (χ3n) is 4.77. The quantitative estimate of drug-likeness (QED) is 0.840. The fourth-order valence-corrected chi connectivity index (χ4v) is 4.47. The number of hydrogen-bond donors (Lipinski definition) is 2. The first-order valence-corrected chi connectivity index (χ1v) is 8.90. The SMILES string of the molecule is O=C(NCC1=CCNCC1)C1(c2cccs2)CCCCC1. The van der Waals surface area contributed by atoms with Crippen LogP contribution in [0, 0.1) is 0 Å². The van der Waals surface area contributed by atoms with E-state index in [2.05, 4.69) is 34.2 Å². The van der Waals surface area contributed by atoms with Gasteiger partial charge in [0.15, 0.2) is 0 Å². The van der Waals surface area contributed by atoms with Crippen LogP contribution >= 0.6 is 11.3 Å². The van der Waals surface area contributed by atoms with E-state index in [0.717, 1.165) is 45.2 Å². The summed E-state index contributed by atoms with van der Waals surface area (Å²) >= 11 is 1.73. The second-order valence-corrected chi connectivity index (χ2v) is 7.07. The van der Waals surface area contributed by atoms with Gasteiger partial charge < -0.3 is 10.6 Å². The summed E-state index contributed by atoms with van der Waals surface area (Å²) in [7, 11) is 0. The molecule has 3 nitrogen and oxygen atoms in total. The summed E-state index contributed by atoms with van der Waals surface area (Å²) < 4.78 is 0. The Bertz CT molecular complexity index is 501. The number of nitrogens with one attached hydrogen (secondary N) is 2.